The number of rotatable bonds is 57. The average Bonchev–Trinajstić information content (AvgIpc) is 3.36. The second-order valence-electron chi connectivity index (χ2n) is 20.6. The number of allylic oxidation sites excluding steroid dienone is 10. The number of esters is 2. The molecule has 5 heteroatoms. The monoisotopic (exact) mass is 979 g/mol. The number of carbonyl (C=O) groups excluding carboxylic acids is 2. The van der Waals surface area contributed by atoms with Gasteiger partial charge in [-0.1, -0.05) is 274 Å². The van der Waals surface area contributed by atoms with Crippen molar-refractivity contribution >= 4 is 11.9 Å². The van der Waals surface area contributed by atoms with E-state index in [1.807, 2.05) is 0 Å². The molecule has 0 amide bonds. The van der Waals surface area contributed by atoms with Crippen LogP contribution >= 0.6 is 0 Å². The van der Waals surface area contributed by atoms with Crippen LogP contribution < -0.4 is 0 Å². The highest BCUT2D eigenvalue weighted by Crippen LogP contribution is 2.16. The van der Waals surface area contributed by atoms with Crippen molar-refractivity contribution in [2.24, 2.45) is 0 Å². The van der Waals surface area contributed by atoms with Gasteiger partial charge in [-0.05, 0) is 89.9 Å². The highest BCUT2D eigenvalue weighted by molar-refractivity contribution is 5.70. The zero-order chi connectivity index (χ0) is 50.6. The van der Waals surface area contributed by atoms with Crippen LogP contribution in [0.2, 0.25) is 0 Å². The van der Waals surface area contributed by atoms with E-state index in [-0.39, 0.29) is 25.2 Å². The van der Waals surface area contributed by atoms with Gasteiger partial charge in [0.2, 0.25) is 0 Å². The minimum absolute atomic E-state index is 0.0763. The second-order valence-corrected chi connectivity index (χ2v) is 20.6. The first kappa shape index (κ1) is 67.6. The molecular formula is C65H118O5. The van der Waals surface area contributed by atoms with Crippen molar-refractivity contribution in [1.82, 2.24) is 0 Å². The highest BCUT2D eigenvalue weighted by Gasteiger charge is 2.17. The summed E-state index contributed by atoms with van der Waals surface area (Å²) in [4.78, 5) is 25.6. The lowest BCUT2D eigenvalue weighted by molar-refractivity contribution is -0.163. The van der Waals surface area contributed by atoms with Gasteiger partial charge in [0.15, 0.2) is 6.10 Å². The van der Waals surface area contributed by atoms with Crippen LogP contribution in [0.1, 0.15) is 316 Å². The lowest BCUT2D eigenvalue weighted by Gasteiger charge is -2.18. The zero-order valence-corrected chi connectivity index (χ0v) is 47.0. The standard InChI is InChI=1S/C65H118O5/c1-4-7-10-13-16-19-22-25-28-31-33-35-37-40-43-46-49-52-55-58-64(66)69-62-63(61-68-60-57-54-51-48-45-42-39-30-27-24-21-18-15-12-9-6-3)70-65(67)59-56-53-50-47-44-41-38-36-34-32-29-26-23-20-17-14-11-8-5-2/h16,18-19,21,25,27-28,30,33,35,63H,4-15,17,20,22-24,26,29,31-32,34,36-62H2,1-3H3/b19-16-,21-18-,28-25-,30-27-,35-33-. The van der Waals surface area contributed by atoms with Crippen molar-refractivity contribution < 1.29 is 23.8 Å². The van der Waals surface area contributed by atoms with Crippen LogP contribution in [-0.4, -0.2) is 37.9 Å². The topological polar surface area (TPSA) is 61.8 Å². The van der Waals surface area contributed by atoms with Crippen LogP contribution in [0.5, 0.6) is 0 Å². The summed E-state index contributed by atoms with van der Waals surface area (Å²) in [5, 5.41) is 0. The maximum absolute atomic E-state index is 12.9. The zero-order valence-electron chi connectivity index (χ0n) is 47.0. The Bertz CT molecular complexity index is 1200. The molecule has 0 saturated carbocycles. The van der Waals surface area contributed by atoms with Crippen LogP contribution in [0.4, 0.5) is 0 Å². The lowest BCUT2D eigenvalue weighted by Crippen LogP contribution is -2.30. The summed E-state index contributed by atoms with van der Waals surface area (Å²) in [5.41, 5.74) is 0. The first-order valence-electron chi connectivity index (χ1n) is 30.8. The molecule has 0 fully saturated rings. The van der Waals surface area contributed by atoms with Crippen LogP contribution in [0.3, 0.4) is 0 Å². The van der Waals surface area contributed by atoms with Gasteiger partial charge in [-0.2, -0.15) is 0 Å². The maximum atomic E-state index is 12.9. The summed E-state index contributed by atoms with van der Waals surface area (Å²) < 4.78 is 17.5. The molecule has 0 spiro atoms. The highest BCUT2D eigenvalue weighted by atomic mass is 16.6. The molecule has 408 valence electrons. The second kappa shape index (κ2) is 60.9. The first-order valence-corrected chi connectivity index (χ1v) is 30.8. The third kappa shape index (κ3) is 58.2. The van der Waals surface area contributed by atoms with E-state index < -0.39 is 6.10 Å². The van der Waals surface area contributed by atoms with Crippen molar-refractivity contribution in [2.75, 3.05) is 19.8 Å². The van der Waals surface area contributed by atoms with Gasteiger partial charge in [-0.25, -0.2) is 0 Å². The Morgan fingerprint density at radius 2 is 0.600 bits per heavy atom. The molecule has 1 atom stereocenters. The quantitative estimate of drug-likeness (QED) is 0.0345. The number of hydrogen-bond acceptors (Lipinski definition) is 5. The number of hydrogen-bond donors (Lipinski definition) is 0. The fourth-order valence-electron chi connectivity index (χ4n) is 8.90. The number of unbranched alkanes of at least 4 members (excludes halogenated alkanes) is 36. The van der Waals surface area contributed by atoms with Crippen LogP contribution in [0.15, 0.2) is 60.8 Å². The summed E-state index contributed by atoms with van der Waals surface area (Å²) in [6.45, 7) is 7.79. The van der Waals surface area contributed by atoms with E-state index in [1.165, 1.54) is 212 Å². The predicted octanol–water partition coefficient (Wildman–Crippen LogP) is 21.2. The Morgan fingerprint density at radius 3 is 0.986 bits per heavy atom. The molecule has 0 aliphatic rings. The lowest BCUT2D eigenvalue weighted by atomic mass is 10.0. The normalized spacial score (nSPS) is 12.6. The Hall–Kier alpha value is -2.40. The third-order valence-electron chi connectivity index (χ3n) is 13.5. The van der Waals surface area contributed by atoms with E-state index in [9.17, 15) is 9.59 Å². The summed E-state index contributed by atoms with van der Waals surface area (Å²) in [6, 6.07) is 0. The molecule has 0 heterocycles. The molecule has 0 aliphatic carbocycles. The molecule has 0 aromatic carbocycles. The SMILES string of the molecule is CCCCC/C=C\C/C=C\C/C=C\CCCCCCCCC(=O)OCC(COCCCCCCCC/C=C\C/C=C\CCCCC)OC(=O)CCCCCCCCCCCCCCCCCCCCC. The van der Waals surface area contributed by atoms with Gasteiger partial charge >= 0.3 is 11.9 Å². The van der Waals surface area contributed by atoms with Crippen LogP contribution in [0, 0.1) is 0 Å². The Balaban J connectivity index is 4.28. The van der Waals surface area contributed by atoms with Gasteiger partial charge in [0, 0.05) is 19.4 Å². The fraction of sp³-hybridized carbons (Fsp3) is 0.815. The Kier molecular flexibility index (Phi) is 58.8. The van der Waals surface area contributed by atoms with E-state index >= 15 is 0 Å². The third-order valence-corrected chi connectivity index (χ3v) is 13.5. The van der Waals surface area contributed by atoms with Crippen LogP contribution in [0.25, 0.3) is 0 Å². The molecule has 0 aliphatic heterocycles. The van der Waals surface area contributed by atoms with Crippen molar-refractivity contribution in [3.05, 3.63) is 60.8 Å². The summed E-state index contributed by atoms with van der Waals surface area (Å²) in [7, 11) is 0. The molecule has 0 aromatic rings. The summed E-state index contributed by atoms with van der Waals surface area (Å²) >= 11 is 0. The molecular weight excluding hydrogens is 861 g/mol. The minimum Gasteiger partial charge on any atom is -0.462 e. The summed E-state index contributed by atoms with van der Waals surface area (Å²) in [5.74, 6) is -0.402. The van der Waals surface area contributed by atoms with E-state index in [1.54, 1.807) is 0 Å². The molecule has 1 unspecified atom stereocenters. The average molecular weight is 980 g/mol. The molecule has 0 N–H and O–H groups in total. The van der Waals surface area contributed by atoms with Gasteiger partial charge in [-0.3, -0.25) is 9.59 Å². The summed E-state index contributed by atoms with van der Waals surface area (Å²) in [6.07, 6.45) is 78.2. The Morgan fingerprint density at radius 1 is 0.314 bits per heavy atom. The molecule has 0 radical (unpaired) electrons. The van der Waals surface area contributed by atoms with Gasteiger partial charge in [0.05, 0.1) is 6.61 Å². The predicted molar refractivity (Wildman–Crippen MR) is 307 cm³/mol. The van der Waals surface area contributed by atoms with Crippen molar-refractivity contribution in [3.8, 4) is 0 Å². The van der Waals surface area contributed by atoms with Crippen molar-refractivity contribution in [2.45, 2.75) is 322 Å². The van der Waals surface area contributed by atoms with E-state index in [0.29, 0.717) is 19.4 Å². The molecule has 0 saturated heterocycles. The molecule has 0 bridgehead atoms. The number of carbonyl (C=O) groups is 2. The van der Waals surface area contributed by atoms with Gasteiger partial charge in [-0.15, -0.1) is 0 Å². The largest absolute Gasteiger partial charge is 0.462 e. The van der Waals surface area contributed by atoms with E-state index in [0.717, 1.165) is 70.6 Å². The smallest absolute Gasteiger partial charge is 0.306 e. The first-order chi connectivity index (χ1) is 34.6. The Labute approximate surface area is 436 Å². The van der Waals surface area contributed by atoms with Gasteiger partial charge in [0.1, 0.15) is 6.61 Å². The van der Waals surface area contributed by atoms with Crippen molar-refractivity contribution in [3.63, 3.8) is 0 Å². The van der Waals surface area contributed by atoms with E-state index in [2.05, 4.69) is 81.5 Å². The maximum Gasteiger partial charge on any atom is 0.306 e. The minimum atomic E-state index is -0.547. The molecule has 0 aromatic heterocycles. The van der Waals surface area contributed by atoms with E-state index in [4.69, 9.17) is 14.2 Å². The molecule has 5 nitrogen and oxygen atoms in total. The van der Waals surface area contributed by atoms with Gasteiger partial charge in [0.25, 0.3) is 0 Å². The fourth-order valence-corrected chi connectivity index (χ4v) is 8.90. The number of ether oxygens (including phenoxy) is 3. The molecule has 0 rings (SSSR count). The van der Waals surface area contributed by atoms with Gasteiger partial charge < -0.3 is 14.2 Å². The van der Waals surface area contributed by atoms with Crippen LogP contribution in [-0.2, 0) is 23.8 Å². The van der Waals surface area contributed by atoms with Crippen molar-refractivity contribution in [1.29, 1.82) is 0 Å². The molecule has 70 heavy (non-hydrogen) atoms.